The third-order valence-electron chi connectivity index (χ3n) is 3.27. The predicted molar refractivity (Wildman–Crippen MR) is 84.3 cm³/mol. The Kier molecular flexibility index (Phi) is 3.97. The quantitative estimate of drug-likeness (QED) is 0.581. The van der Waals surface area contributed by atoms with E-state index < -0.39 is 5.24 Å². The van der Waals surface area contributed by atoms with Gasteiger partial charge in [-0.2, -0.15) is 0 Å². The molecule has 1 aromatic rings. The standard InChI is InChI=1S/C13H11BrClN3OS/c1-6-16-10(14)5-11(17-6)18-13-8-4-7(8)2-3-9(20-13)12(15)19/h3,5,7-8H,2,4H2,1H3. The van der Waals surface area contributed by atoms with Crippen LogP contribution in [-0.4, -0.2) is 20.3 Å². The molecule has 0 radical (unpaired) electrons. The Labute approximate surface area is 134 Å². The highest BCUT2D eigenvalue weighted by molar-refractivity contribution is 9.10. The number of hydrogen-bond acceptors (Lipinski definition) is 5. The molecule has 2 heterocycles. The van der Waals surface area contributed by atoms with Crippen molar-refractivity contribution >= 4 is 55.4 Å². The van der Waals surface area contributed by atoms with E-state index in [4.69, 9.17) is 11.6 Å². The number of thioether (sulfide) groups is 1. The van der Waals surface area contributed by atoms with Gasteiger partial charge in [-0.05, 0) is 53.2 Å². The third kappa shape index (κ3) is 3.13. The molecule has 0 N–H and O–H groups in total. The molecule has 2 unspecified atom stereocenters. The van der Waals surface area contributed by atoms with Crippen molar-refractivity contribution in [2.75, 3.05) is 0 Å². The van der Waals surface area contributed by atoms with Crippen LogP contribution in [0.15, 0.2) is 26.6 Å². The largest absolute Gasteiger partial charge is 0.275 e. The maximum absolute atomic E-state index is 11.4. The van der Waals surface area contributed by atoms with Gasteiger partial charge < -0.3 is 0 Å². The molecule has 2 aliphatic rings. The molecule has 0 bridgehead atoms. The van der Waals surface area contributed by atoms with Gasteiger partial charge in [-0.15, -0.1) is 0 Å². The Morgan fingerprint density at radius 1 is 1.55 bits per heavy atom. The van der Waals surface area contributed by atoms with Crippen LogP contribution in [0.25, 0.3) is 0 Å². The van der Waals surface area contributed by atoms with Gasteiger partial charge in [0.1, 0.15) is 10.4 Å². The Bertz CT molecular complexity index is 626. The number of rotatable bonds is 2. The Hall–Kier alpha value is -0.720. The summed E-state index contributed by atoms with van der Waals surface area (Å²) in [5, 5.41) is 0.516. The summed E-state index contributed by atoms with van der Waals surface area (Å²) in [7, 11) is 0. The summed E-state index contributed by atoms with van der Waals surface area (Å²) in [5.41, 5.74) is 0. The van der Waals surface area contributed by atoms with Crippen molar-refractivity contribution in [3.63, 3.8) is 0 Å². The van der Waals surface area contributed by atoms with Crippen LogP contribution in [0, 0.1) is 18.8 Å². The van der Waals surface area contributed by atoms with Gasteiger partial charge in [-0.1, -0.05) is 17.8 Å². The summed E-state index contributed by atoms with van der Waals surface area (Å²) in [6.07, 6.45) is 3.95. The molecule has 0 amide bonds. The van der Waals surface area contributed by atoms with Crippen LogP contribution in [0.4, 0.5) is 5.82 Å². The fraction of sp³-hybridized carbons (Fsp3) is 0.385. The van der Waals surface area contributed by atoms with Crippen molar-refractivity contribution in [1.82, 2.24) is 9.97 Å². The monoisotopic (exact) mass is 371 g/mol. The number of carbonyl (C=O) groups is 1. The van der Waals surface area contributed by atoms with E-state index in [9.17, 15) is 4.79 Å². The Morgan fingerprint density at radius 3 is 3.05 bits per heavy atom. The number of halogens is 2. The first-order valence-corrected chi connectivity index (χ1v) is 8.19. The molecule has 4 nitrogen and oxygen atoms in total. The summed E-state index contributed by atoms with van der Waals surface area (Å²) < 4.78 is 0.708. The maximum atomic E-state index is 11.4. The van der Waals surface area contributed by atoms with Gasteiger partial charge in [0, 0.05) is 12.0 Å². The van der Waals surface area contributed by atoms with E-state index in [1.165, 1.54) is 11.8 Å². The van der Waals surface area contributed by atoms with Crippen LogP contribution in [0.5, 0.6) is 0 Å². The van der Waals surface area contributed by atoms with E-state index in [2.05, 4.69) is 30.9 Å². The smallest absolute Gasteiger partial charge is 0.258 e. The summed E-state index contributed by atoms with van der Waals surface area (Å²) in [6, 6.07) is 1.77. The van der Waals surface area contributed by atoms with Crippen molar-refractivity contribution < 1.29 is 4.79 Å². The lowest BCUT2D eigenvalue weighted by Crippen LogP contribution is -1.99. The van der Waals surface area contributed by atoms with E-state index in [1.807, 2.05) is 13.0 Å². The number of aryl methyl sites for hydroxylation is 1. The number of fused-ring (bicyclic) bond motifs is 1. The summed E-state index contributed by atoms with van der Waals surface area (Å²) in [6.45, 7) is 1.82. The maximum Gasteiger partial charge on any atom is 0.258 e. The van der Waals surface area contributed by atoms with Crippen molar-refractivity contribution in [1.29, 1.82) is 0 Å². The van der Waals surface area contributed by atoms with E-state index >= 15 is 0 Å². The first-order valence-electron chi connectivity index (χ1n) is 6.20. The average molecular weight is 373 g/mol. The fourth-order valence-electron chi connectivity index (χ4n) is 2.21. The first kappa shape index (κ1) is 14.2. The molecule has 1 saturated carbocycles. The van der Waals surface area contributed by atoms with Gasteiger partial charge in [0.2, 0.25) is 0 Å². The SMILES string of the molecule is Cc1nc(Br)cc(N=C2SC(C(=O)Cl)=CCC3CC23)n1. The zero-order valence-corrected chi connectivity index (χ0v) is 13.8. The van der Waals surface area contributed by atoms with Crippen LogP contribution < -0.4 is 0 Å². The summed E-state index contributed by atoms with van der Waals surface area (Å²) in [5.74, 6) is 2.29. The molecule has 1 fully saturated rings. The lowest BCUT2D eigenvalue weighted by atomic mass is 10.2. The molecule has 0 spiro atoms. The van der Waals surface area contributed by atoms with E-state index in [0.717, 1.165) is 17.9 Å². The van der Waals surface area contributed by atoms with Crippen molar-refractivity contribution in [2.24, 2.45) is 16.8 Å². The number of aromatic nitrogens is 2. The summed E-state index contributed by atoms with van der Waals surface area (Å²) in [4.78, 5) is 25.0. The van der Waals surface area contributed by atoms with E-state index in [0.29, 0.717) is 33.0 Å². The van der Waals surface area contributed by atoms with Gasteiger partial charge in [0.05, 0.1) is 9.95 Å². The molecule has 20 heavy (non-hydrogen) atoms. The number of aliphatic imine (C=N–C) groups is 1. The second kappa shape index (κ2) is 5.58. The van der Waals surface area contributed by atoms with Crippen LogP contribution in [0.2, 0.25) is 0 Å². The zero-order valence-electron chi connectivity index (χ0n) is 10.6. The third-order valence-corrected chi connectivity index (χ3v) is 5.17. The minimum Gasteiger partial charge on any atom is -0.275 e. The Morgan fingerprint density at radius 2 is 2.35 bits per heavy atom. The Balaban J connectivity index is 1.93. The zero-order chi connectivity index (χ0) is 14.3. The molecular formula is C13H11BrClN3OS. The minimum absolute atomic E-state index is 0.413. The first-order chi connectivity index (χ1) is 9.52. The molecule has 7 heteroatoms. The normalized spacial score (nSPS) is 26.8. The highest BCUT2D eigenvalue weighted by atomic mass is 79.9. The van der Waals surface area contributed by atoms with Crippen molar-refractivity contribution in [3.05, 3.63) is 27.5 Å². The predicted octanol–water partition coefficient (Wildman–Crippen LogP) is 4.00. The molecule has 2 atom stereocenters. The van der Waals surface area contributed by atoms with Gasteiger partial charge in [-0.25, -0.2) is 15.0 Å². The molecule has 0 aromatic carbocycles. The van der Waals surface area contributed by atoms with Gasteiger partial charge in [0.15, 0.2) is 5.82 Å². The highest BCUT2D eigenvalue weighted by Gasteiger charge is 2.43. The van der Waals surface area contributed by atoms with Crippen LogP contribution in [-0.2, 0) is 4.79 Å². The fourth-order valence-corrected chi connectivity index (χ4v) is 3.93. The van der Waals surface area contributed by atoms with Crippen molar-refractivity contribution in [3.8, 4) is 0 Å². The molecule has 1 aromatic heterocycles. The summed E-state index contributed by atoms with van der Waals surface area (Å²) >= 11 is 10.3. The topological polar surface area (TPSA) is 55.2 Å². The van der Waals surface area contributed by atoms with Gasteiger partial charge in [0.25, 0.3) is 5.24 Å². The number of hydrogen-bond donors (Lipinski definition) is 0. The number of nitrogens with zero attached hydrogens (tertiary/aromatic N) is 3. The molecule has 0 saturated heterocycles. The lowest BCUT2D eigenvalue weighted by Gasteiger charge is -2.04. The van der Waals surface area contributed by atoms with Crippen LogP contribution in [0.3, 0.4) is 0 Å². The molecule has 1 aliphatic carbocycles. The van der Waals surface area contributed by atoms with E-state index in [1.54, 1.807) is 6.07 Å². The number of allylic oxidation sites excluding steroid dienone is 2. The highest BCUT2D eigenvalue weighted by Crippen LogP contribution is 2.50. The average Bonchev–Trinajstić information content (AvgIpc) is 3.10. The second-order valence-corrected chi connectivity index (χ2v) is 7.05. The molecule has 1 aliphatic heterocycles. The van der Waals surface area contributed by atoms with Crippen LogP contribution >= 0.6 is 39.3 Å². The van der Waals surface area contributed by atoms with Gasteiger partial charge >= 0.3 is 0 Å². The number of carbonyl (C=O) groups excluding carboxylic acids is 1. The lowest BCUT2D eigenvalue weighted by molar-refractivity contribution is -0.107. The molecule has 3 rings (SSSR count). The molecular weight excluding hydrogens is 362 g/mol. The van der Waals surface area contributed by atoms with E-state index in [-0.39, 0.29) is 0 Å². The molecule has 104 valence electrons. The van der Waals surface area contributed by atoms with Crippen LogP contribution in [0.1, 0.15) is 18.7 Å². The second-order valence-electron chi connectivity index (χ2n) is 4.83. The van der Waals surface area contributed by atoms with Crippen molar-refractivity contribution in [2.45, 2.75) is 19.8 Å². The minimum atomic E-state index is -0.413. The van der Waals surface area contributed by atoms with Gasteiger partial charge in [-0.3, -0.25) is 4.79 Å².